The first-order valence-corrected chi connectivity index (χ1v) is 5.84. The fourth-order valence-electron chi connectivity index (χ4n) is 1.87. The second-order valence-electron chi connectivity index (χ2n) is 4.28. The minimum atomic E-state index is -0.663. The zero-order valence-electron chi connectivity index (χ0n) is 10.3. The fourth-order valence-corrected chi connectivity index (χ4v) is 1.87. The van der Waals surface area contributed by atoms with E-state index in [2.05, 4.69) is 5.32 Å². The first-order valence-electron chi connectivity index (χ1n) is 5.84. The largest absolute Gasteiger partial charge is 0.339 e. The highest BCUT2D eigenvalue weighted by Gasteiger charge is 2.17. The van der Waals surface area contributed by atoms with Gasteiger partial charge in [-0.25, -0.2) is 0 Å². The Morgan fingerprint density at radius 3 is 2.56 bits per heavy atom. The van der Waals surface area contributed by atoms with Crippen LogP contribution < -0.4 is 16.4 Å². The van der Waals surface area contributed by atoms with Gasteiger partial charge >= 0.3 is 11.1 Å². The van der Waals surface area contributed by atoms with E-state index in [4.69, 9.17) is 0 Å². The van der Waals surface area contributed by atoms with E-state index in [1.54, 1.807) is 4.90 Å². The van der Waals surface area contributed by atoms with Crippen LogP contribution in [0.2, 0.25) is 0 Å². The molecule has 1 fully saturated rings. The van der Waals surface area contributed by atoms with Crippen LogP contribution in [0, 0.1) is 0 Å². The molecular weight excluding hydrogens is 236 g/mol. The maximum Gasteiger partial charge on any atom is 0.316 e. The average Bonchev–Trinajstić information content (AvgIpc) is 2.40. The zero-order valence-corrected chi connectivity index (χ0v) is 10.3. The Kier molecular flexibility index (Phi) is 3.61. The van der Waals surface area contributed by atoms with Crippen LogP contribution in [0.15, 0.2) is 22.0 Å². The number of rotatable bonds is 2. The van der Waals surface area contributed by atoms with E-state index >= 15 is 0 Å². The Labute approximate surface area is 104 Å². The number of amides is 1. The highest BCUT2D eigenvalue weighted by molar-refractivity contribution is 5.76. The van der Waals surface area contributed by atoms with Crippen LogP contribution in [0.25, 0.3) is 0 Å². The van der Waals surface area contributed by atoms with E-state index in [-0.39, 0.29) is 12.5 Å². The Hall–Kier alpha value is -1.89. The lowest BCUT2D eigenvalue weighted by Gasteiger charge is -2.27. The van der Waals surface area contributed by atoms with E-state index in [1.807, 2.05) is 0 Å². The van der Waals surface area contributed by atoms with Crippen LogP contribution in [0.5, 0.6) is 0 Å². The van der Waals surface area contributed by atoms with E-state index in [0.717, 1.165) is 17.7 Å². The van der Waals surface area contributed by atoms with Crippen LogP contribution in [-0.4, -0.2) is 46.1 Å². The van der Waals surface area contributed by atoms with Gasteiger partial charge < -0.3 is 14.8 Å². The molecule has 1 aliphatic rings. The molecule has 98 valence electrons. The minimum Gasteiger partial charge on any atom is -0.339 e. The van der Waals surface area contributed by atoms with Gasteiger partial charge in [-0.3, -0.25) is 19.0 Å². The Morgan fingerprint density at radius 1 is 1.22 bits per heavy atom. The summed E-state index contributed by atoms with van der Waals surface area (Å²) >= 11 is 0. The Balaban J connectivity index is 2.14. The zero-order chi connectivity index (χ0) is 13.1. The van der Waals surface area contributed by atoms with Crippen molar-refractivity contribution in [3.8, 4) is 0 Å². The van der Waals surface area contributed by atoms with E-state index in [0.29, 0.717) is 13.1 Å². The summed E-state index contributed by atoms with van der Waals surface area (Å²) in [5, 5.41) is 3.15. The quantitative estimate of drug-likeness (QED) is 0.616. The minimum absolute atomic E-state index is 0.0745. The highest BCUT2D eigenvalue weighted by Crippen LogP contribution is 1.95. The molecule has 1 aromatic heterocycles. The molecule has 0 aliphatic carbocycles. The van der Waals surface area contributed by atoms with Crippen molar-refractivity contribution in [3.05, 3.63) is 33.1 Å². The van der Waals surface area contributed by atoms with Crippen LogP contribution in [0.3, 0.4) is 0 Å². The summed E-state index contributed by atoms with van der Waals surface area (Å²) in [6.45, 7) is 2.72. The van der Waals surface area contributed by atoms with Crippen molar-refractivity contribution >= 4 is 5.91 Å². The van der Waals surface area contributed by atoms with Gasteiger partial charge in [-0.2, -0.15) is 0 Å². The summed E-state index contributed by atoms with van der Waals surface area (Å²) in [5.74, 6) is -0.133. The molecule has 18 heavy (non-hydrogen) atoms. The average molecular weight is 252 g/mol. The number of nitrogens with one attached hydrogen (secondary N) is 1. The van der Waals surface area contributed by atoms with Crippen molar-refractivity contribution in [2.45, 2.75) is 6.54 Å². The molecule has 7 nitrogen and oxygen atoms in total. The fraction of sp³-hybridized carbons (Fsp3) is 0.545. The molecule has 0 unspecified atom stereocenters. The predicted molar refractivity (Wildman–Crippen MR) is 65.4 cm³/mol. The van der Waals surface area contributed by atoms with Gasteiger partial charge in [-0.15, -0.1) is 0 Å². The van der Waals surface area contributed by atoms with Crippen molar-refractivity contribution in [2.75, 3.05) is 26.2 Å². The molecule has 0 aromatic carbocycles. The van der Waals surface area contributed by atoms with Crippen LogP contribution >= 0.6 is 0 Å². The maximum absolute atomic E-state index is 11.9. The SMILES string of the molecule is Cn1ccn(CC(=O)N2CCNCC2)c(=O)c1=O. The molecular formula is C11H16N4O3. The van der Waals surface area contributed by atoms with Crippen molar-refractivity contribution in [2.24, 2.45) is 7.05 Å². The molecule has 0 atom stereocenters. The number of hydrogen-bond donors (Lipinski definition) is 1. The van der Waals surface area contributed by atoms with Crippen molar-refractivity contribution in [1.82, 2.24) is 19.4 Å². The first kappa shape index (κ1) is 12.6. The third-order valence-corrected chi connectivity index (χ3v) is 3.01. The number of nitrogens with zero attached hydrogens (tertiary/aromatic N) is 3. The van der Waals surface area contributed by atoms with Gasteiger partial charge in [0.2, 0.25) is 5.91 Å². The number of aromatic nitrogens is 2. The number of carbonyl (C=O) groups excluding carboxylic acids is 1. The summed E-state index contributed by atoms with van der Waals surface area (Å²) in [6.07, 6.45) is 2.94. The molecule has 1 saturated heterocycles. The molecule has 2 heterocycles. The molecule has 0 radical (unpaired) electrons. The molecule has 7 heteroatoms. The van der Waals surface area contributed by atoms with Crippen molar-refractivity contribution in [3.63, 3.8) is 0 Å². The second kappa shape index (κ2) is 5.18. The third-order valence-electron chi connectivity index (χ3n) is 3.01. The molecule has 0 bridgehead atoms. The van der Waals surface area contributed by atoms with Crippen LogP contribution in [-0.2, 0) is 18.4 Å². The summed E-state index contributed by atoms with van der Waals surface area (Å²) < 4.78 is 2.36. The predicted octanol–water partition coefficient (Wildman–Crippen LogP) is -2.02. The first-order chi connectivity index (χ1) is 8.59. The second-order valence-corrected chi connectivity index (χ2v) is 4.28. The highest BCUT2D eigenvalue weighted by atomic mass is 16.2. The molecule has 1 amide bonds. The number of aryl methyl sites for hydroxylation is 1. The summed E-state index contributed by atoms with van der Waals surface area (Å²) in [6, 6.07) is 0. The van der Waals surface area contributed by atoms with E-state index < -0.39 is 11.1 Å². The lowest BCUT2D eigenvalue weighted by Crippen LogP contribution is -2.49. The molecule has 2 rings (SSSR count). The lowest BCUT2D eigenvalue weighted by atomic mass is 10.3. The summed E-state index contributed by atoms with van der Waals surface area (Å²) in [4.78, 5) is 36.7. The Morgan fingerprint density at radius 2 is 1.89 bits per heavy atom. The standard InChI is InChI=1S/C11H16N4O3/c1-13-6-7-15(11(18)10(13)17)8-9(16)14-4-2-12-3-5-14/h6-7,12H,2-5,8H2,1H3. The molecule has 1 aromatic rings. The van der Waals surface area contributed by atoms with Gasteiger partial charge in [-0.05, 0) is 0 Å². The number of piperazine rings is 1. The number of carbonyl (C=O) groups is 1. The molecule has 1 aliphatic heterocycles. The summed E-state index contributed by atoms with van der Waals surface area (Å²) in [7, 11) is 1.51. The monoisotopic (exact) mass is 252 g/mol. The van der Waals surface area contributed by atoms with Crippen LogP contribution in [0.1, 0.15) is 0 Å². The van der Waals surface area contributed by atoms with Crippen LogP contribution in [0.4, 0.5) is 0 Å². The summed E-state index contributed by atoms with van der Waals surface area (Å²) in [5.41, 5.74) is -1.28. The molecule has 0 spiro atoms. The topological polar surface area (TPSA) is 76.3 Å². The van der Waals surface area contributed by atoms with Gasteiger partial charge in [-0.1, -0.05) is 0 Å². The normalized spacial score (nSPS) is 15.7. The smallest absolute Gasteiger partial charge is 0.316 e. The number of hydrogen-bond acceptors (Lipinski definition) is 4. The van der Waals surface area contributed by atoms with Crippen molar-refractivity contribution in [1.29, 1.82) is 0 Å². The Bertz CT molecular complexity index is 554. The van der Waals surface area contributed by atoms with Crippen molar-refractivity contribution < 1.29 is 4.79 Å². The lowest BCUT2D eigenvalue weighted by molar-refractivity contribution is -0.132. The van der Waals surface area contributed by atoms with Gasteiger partial charge in [0.05, 0.1) is 0 Å². The third kappa shape index (κ3) is 2.51. The molecule has 0 saturated carbocycles. The van der Waals surface area contributed by atoms with Gasteiger partial charge in [0.1, 0.15) is 6.54 Å². The van der Waals surface area contributed by atoms with Gasteiger partial charge in [0.15, 0.2) is 0 Å². The van der Waals surface area contributed by atoms with E-state index in [9.17, 15) is 14.4 Å². The van der Waals surface area contributed by atoms with E-state index in [1.165, 1.54) is 24.0 Å². The van der Waals surface area contributed by atoms with Gasteiger partial charge in [0.25, 0.3) is 0 Å². The van der Waals surface area contributed by atoms with Gasteiger partial charge in [0, 0.05) is 45.6 Å². The maximum atomic E-state index is 11.9. The molecule has 1 N–H and O–H groups in total.